The summed E-state index contributed by atoms with van der Waals surface area (Å²) in [7, 11) is -3.04. The van der Waals surface area contributed by atoms with Gasteiger partial charge in [0.05, 0.1) is 22.6 Å². The minimum Gasteiger partial charge on any atom is -0.338 e. The molecule has 134 valence electrons. The zero-order valence-electron chi connectivity index (χ0n) is 13.5. The molecule has 4 amide bonds. The van der Waals surface area contributed by atoms with E-state index in [-0.39, 0.29) is 42.5 Å². The first-order chi connectivity index (χ1) is 11.9. The number of urea groups is 1. The molecule has 1 unspecified atom stereocenters. The number of nitrogens with zero attached hydrogens (tertiary/aromatic N) is 1. The van der Waals surface area contributed by atoms with E-state index in [1.54, 1.807) is 24.3 Å². The van der Waals surface area contributed by atoms with Gasteiger partial charge in [0.1, 0.15) is 0 Å². The van der Waals surface area contributed by atoms with E-state index in [1.807, 2.05) is 0 Å². The van der Waals surface area contributed by atoms with Crippen LogP contribution in [0.3, 0.4) is 0 Å². The Morgan fingerprint density at radius 1 is 1.16 bits per heavy atom. The van der Waals surface area contributed by atoms with Gasteiger partial charge < -0.3 is 10.6 Å². The van der Waals surface area contributed by atoms with Crippen molar-refractivity contribution in [3.05, 3.63) is 35.4 Å². The first kappa shape index (κ1) is 17.4. The fraction of sp³-hybridized carbons (Fsp3) is 0.438. The lowest BCUT2D eigenvalue weighted by atomic mass is 10.1. The van der Waals surface area contributed by atoms with E-state index in [4.69, 9.17) is 0 Å². The minimum atomic E-state index is -3.04. The number of amides is 4. The van der Waals surface area contributed by atoms with Crippen molar-refractivity contribution in [1.82, 2.24) is 15.5 Å². The molecule has 0 spiro atoms. The van der Waals surface area contributed by atoms with Gasteiger partial charge in [0.25, 0.3) is 11.8 Å². The van der Waals surface area contributed by atoms with Crippen molar-refractivity contribution >= 4 is 27.7 Å². The molecule has 0 aliphatic carbocycles. The molecule has 1 fully saturated rings. The molecule has 2 heterocycles. The second kappa shape index (κ2) is 6.83. The Bertz CT molecular complexity index is 786. The zero-order valence-corrected chi connectivity index (χ0v) is 14.3. The highest BCUT2D eigenvalue weighted by atomic mass is 32.2. The van der Waals surface area contributed by atoms with Crippen molar-refractivity contribution in [1.29, 1.82) is 0 Å². The van der Waals surface area contributed by atoms with Crippen molar-refractivity contribution < 1.29 is 22.8 Å². The highest BCUT2D eigenvalue weighted by Gasteiger charge is 2.34. The molecule has 8 nitrogen and oxygen atoms in total. The van der Waals surface area contributed by atoms with Crippen LogP contribution in [0.2, 0.25) is 0 Å². The van der Waals surface area contributed by atoms with Crippen molar-refractivity contribution in [2.24, 2.45) is 0 Å². The van der Waals surface area contributed by atoms with Gasteiger partial charge in [-0.3, -0.25) is 14.5 Å². The molecule has 0 bridgehead atoms. The van der Waals surface area contributed by atoms with E-state index < -0.39 is 15.9 Å². The number of imide groups is 1. The van der Waals surface area contributed by atoms with Crippen LogP contribution < -0.4 is 10.6 Å². The summed E-state index contributed by atoms with van der Waals surface area (Å²) in [6.07, 6.45) is 0.840. The van der Waals surface area contributed by atoms with Crippen LogP contribution >= 0.6 is 0 Å². The van der Waals surface area contributed by atoms with E-state index in [0.29, 0.717) is 24.0 Å². The predicted octanol–water partition coefficient (Wildman–Crippen LogP) is 0.159. The molecule has 0 saturated carbocycles. The number of nitrogens with one attached hydrogen (secondary N) is 2. The number of sulfone groups is 1. The number of benzene rings is 1. The molecule has 1 saturated heterocycles. The van der Waals surface area contributed by atoms with Gasteiger partial charge in [-0.25, -0.2) is 13.2 Å². The monoisotopic (exact) mass is 365 g/mol. The van der Waals surface area contributed by atoms with Crippen molar-refractivity contribution in [2.45, 2.75) is 18.9 Å². The summed E-state index contributed by atoms with van der Waals surface area (Å²) >= 11 is 0. The Kier molecular flexibility index (Phi) is 4.76. The third-order valence-electron chi connectivity index (χ3n) is 4.29. The Labute approximate surface area is 145 Å². The molecule has 1 atom stereocenters. The maximum atomic E-state index is 12.2. The fourth-order valence-electron chi connectivity index (χ4n) is 3.03. The zero-order chi connectivity index (χ0) is 18.0. The lowest BCUT2D eigenvalue weighted by molar-refractivity contribution is 0.0653. The number of carbonyl (C=O) groups is 3. The molecule has 2 aliphatic rings. The second-order valence-corrected chi connectivity index (χ2v) is 8.39. The molecule has 9 heteroatoms. The SMILES string of the molecule is O=C(NCCCN1C(=O)c2ccccc2C1=O)NC1CCS(=O)(=O)C1. The van der Waals surface area contributed by atoms with Crippen molar-refractivity contribution in [3.63, 3.8) is 0 Å². The van der Waals surface area contributed by atoms with E-state index >= 15 is 0 Å². The highest BCUT2D eigenvalue weighted by Crippen LogP contribution is 2.22. The first-order valence-corrected chi connectivity index (χ1v) is 9.89. The van der Waals surface area contributed by atoms with E-state index in [9.17, 15) is 22.8 Å². The smallest absolute Gasteiger partial charge is 0.315 e. The Balaban J connectivity index is 1.41. The Hall–Kier alpha value is -2.42. The summed E-state index contributed by atoms with van der Waals surface area (Å²) in [5, 5.41) is 5.24. The second-order valence-electron chi connectivity index (χ2n) is 6.16. The fourth-order valence-corrected chi connectivity index (χ4v) is 4.70. The maximum absolute atomic E-state index is 12.2. The topological polar surface area (TPSA) is 113 Å². The molecule has 2 aliphatic heterocycles. The van der Waals surface area contributed by atoms with Crippen molar-refractivity contribution in [2.75, 3.05) is 24.6 Å². The van der Waals surface area contributed by atoms with Gasteiger partial charge in [-0.2, -0.15) is 0 Å². The van der Waals surface area contributed by atoms with Gasteiger partial charge >= 0.3 is 6.03 Å². The summed E-state index contributed by atoms with van der Waals surface area (Å²) < 4.78 is 22.7. The number of fused-ring (bicyclic) bond motifs is 1. The molecule has 0 aromatic heterocycles. The number of rotatable bonds is 5. The normalized spacial score (nSPS) is 21.3. The molecule has 1 aromatic rings. The minimum absolute atomic E-state index is 0.0323. The number of hydrogen-bond acceptors (Lipinski definition) is 5. The van der Waals surface area contributed by atoms with Gasteiger partial charge in [-0.05, 0) is 25.0 Å². The summed E-state index contributed by atoms with van der Waals surface area (Å²) in [6.45, 7) is 0.489. The molecule has 3 rings (SSSR count). The average Bonchev–Trinajstić information content (AvgIpc) is 3.03. The van der Waals surface area contributed by atoms with Crippen LogP contribution in [0.5, 0.6) is 0 Å². The van der Waals surface area contributed by atoms with Crippen LogP contribution in [-0.4, -0.2) is 61.8 Å². The van der Waals surface area contributed by atoms with Crippen LogP contribution in [0, 0.1) is 0 Å². The molecule has 25 heavy (non-hydrogen) atoms. The van der Waals surface area contributed by atoms with Gasteiger partial charge in [0.2, 0.25) is 0 Å². The molecule has 1 aromatic carbocycles. The Morgan fingerprint density at radius 2 is 1.80 bits per heavy atom. The largest absolute Gasteiger partial charge is 0.338 e. The van der Waals surface area contributed by atoms with Gasteiger partial charge in [-0.15, -0.1) is 0 Å². The van der Waals surface area contributed by atoms with Crippen LogP contribution in [0.25, 0.3) is 0 Å². The predicted molar refractivity (Wildman–Crippen MR) is 90.0 cm³/mol. The number of hydrogen-bond donors (Lipinski definition) is 2. The summed E-state index contributed by atoms with van der Waals surface area (Å²) in [5.41, 5.74) is 0.807. The van der Waals surface area contributed by atoms with E-state index in [0.717, 1.165) is 0 Å². The van der Waals surface area contributed by atoms with E-state index in [1.165, 1.54) is 4.90 Å². The van der Waals surface area contributed by atoms with Crippen LogP contribution in [0.1, 0.15) is 33.6 Å². The molecule has 2 N–H and O–H groups in total. The maximum Gasteiger partial charge on any atom is 0.315 e. The quantitative estimate of drug-likeness (QED) is 0.570. The van der Waals surface area contributed by atoms with E-state index in [2.05, 4.69) is 10.6 Å². The van der Waals surface area contributed by atoms with Crippen LogP contribution in [0.15, 0.2) is 24.3 Å². The molecular formula is C16H19N3O5S. The Morgan fingerprint density at radius 3 is 2.36 bits per heavy atom. The lowest BCUT2D eigenvalue weighted by Crippen LogP contribution is -2.43. The van der Waals surface area contributed by atoms with Gasteiger partial charge in [0.15, 0.2) is 9.84 Å². The summed E-state index contributed by atoms with van der Waals surface area (Å²) in [5.74, 6) is -0.574. The first-order valence-electron chi connectivity index (χ1n) is 8.07. The third-order valence-corrected chi connectivity index (χ3v) is 6.06. The summed E-state index contributed by atoms with van der Waals surface area (Å²) in [6, 6.07) is 5.87. The number of carbonyl (C=O) groups excluding carboxylic acids is 3. The third kappa shape index (κ3) is 3.81. The summed E-state index contributed by atoms with van der Waals surface area (Å²) in [4.78, 5) is 37.3. The van der Waals surface area contributed by atoms with Gasteiger partial charge in [0, 0.05) is 19.1 Å². The van der Waals surface area contributed by atoms with Crippen LogP contribution in [0.4, 0.5) is 4.79 Å². The lowest BCUT2D eigenvalue weighted by Gasteiger charge is -2.15. The average molecular weight is 365 g/mol. The standard InChI is InChI=1S/C16H19N3O5S/c20-14-12-4-1-2-5-13(12)15(21)19(14)8-3-7-17-16(22)18-11-6-9-25(23,24)10-11/h1-2,4-5,11H,3,6-10H2,(H2,17,18,22). The van der Waals surface area contributed by atoms with Crippen molar-refractivity contribution in [3.8, 4) is 0 Å². The molecule has 0 radical (unpaired) electrons. The molecular weight excluding hydrogens is 346 g/mol. The van der Waals surface area contributed by atoms with Gasteiger partial charge in [-0.1, -0.05) is 12.1 Å². The highest BCUT2D eigenvalue weighted by molar-refractivity contribution is 7.91. The van der Waals surface area contributed by atoms with Crippen LogP contribution in [-0.2, 0) is 9.84 Å².